The molecule has 1 saturated carbocycles. The quantitative estimate of drug-likeness (QED) is 0.742. The smallest absolute Gasteiger partial charge is 0.245 e. The van der Waals surface area contributed by atoms with Gasteiger partial charge in [0.2, 0.25) is 5.95 Å². The number of hydrogen-bond donors (Lipinski definition) is 2. The van der Waals surface area contributed by atoms with Gasteiger partial charge < -0.3 is 15.0 Å². The van der Waals surface area contributed by atoms with Gasteiger partial charge >= 0.3 is 0 Å². The number of hydrogen-bond acceptors (Lipinski definition) is 6. The standard InChI is InChI=1S/C17H21N7O/c1-25-12-6-8-23(10-12)17-19-16(14-3-2-7-24(14)22-17)18-15-9-13(20-21-15)11-4-5-11/h2-3,7,9,11-12H,4-6,8,10H2,1H3,(H2,18,19,20,21,22)/t12-/m1/s1. The van der Waals surface area contributed by atoms with Gasteiger partial charge in [0.1, 0.15) is 5.52 Å². The van der Waals surface area contributed by atoms with E-state index in [0.29, 0.717) is 11.9 Å². The Morgan fingerprint density at radius 3 is 3.04 bits per heavy atom. The summed E-state index contributed by atoms with van der Waals surface area (Å²) in [6, 6.07) is 6.05. The molecule has 1 aliphatic heterocycles. The summed E-state index contributed by atoms with van der Waals surface area (Å²) >= 11 is 0. The van der Waals surface area contributed by atoms with Gasteiger partial charge in [-0.2, -0.15) is 10.1 Å². The van der Waals surface area contributed by atoms with Crippen molar-refractivity contribution >= 4 is 23.1 Å². The number of aromatic nitrogens is 5. The predicted molar refractivity (Wildman–Crippen MR) is 94.5 cm³/mol. The molecule has 2 N–H and O–H groups in total. The second-order valence-electron chi connectivity index (χ2n) is 6.80. The van der Waals surface area contributed by atoms with E-state index in [1.54, 1.807) is 7.11 Å². The van der Waals surface area contributed by atoms with Crippen molar-refractivity contribution in [2.45, 2.75) is 31.3 Å². The zero-order valence-corrected chi connectivity index (χ0v) is 14.1. The number of anilines is 3. The molecule has 3 aromatic heterocycles. The Kier molecular flexibility index (Phi) is 3.37. The SMILES string of the molecule is CO[C@@H]1CCN(c2nc(Nc3cc(C4CC4)[nH]n3)c3cccn3n2)C1. The molecule has 3 aromatic rings. The van der Waals surface area contributed by atoms with E-state index in [2.05, 4.69) is 31.6 Å². The van der Waals surface area contributed by atoms with Crippen molar-refractivity contribution in [3.05, 3.63) is 30.1 Å². The van der Waals surface area contributed by atoms with Crippen LogP contribution in [0.4, 0.5) is 17.6 Å². The minimum absolute atomic E-state index is 0.243. The largest absolute Gasteiger partial charge is 0.380 e. The monoisotopic (exact) mass is 339 g/mol. The van der Waals surface area contributed by atoms with Crippen LogP contribution < -0.4 is 10.2 Å². The average molecular weight is 339 g/mol. The van der Waals surface area contributed by atoms with E-state index in [9.17, 15) is 0 Å². The van der Waals surface area contributed by atoms with Gasteiger partial charge in [-0.05, 0) is 31.4 Å². The molecule has 8 nitrogen and oxygen atoms in total. The van der Waals surface area contributed by atoms with Crippen molar-refractivity contribution in [1.29, 1.82) is 0 Å². The molecule has 0 unspecified atom stereocenters. The summed E-state index contributed by atoms with van der Waals surface area (Å²) in [5.74, 6) is 2.92. The van der Waals surface area contributed by atoms with Gasteiger partial charge in [0, 0.05) is 44.1 Å². The van der Waals surface area contributed by atoms with E-state index in [1.807, 2.05) is 22.8 Å². The number of methoxy groups -OCH3 is 1. The molecule has 0 bridgehead atoms. The molecule has 1 saturated heterocycles. The number of nitrogens with one attached hydrogen (secondary N) is 2. The summed E-state index contributed by atoms with van der Waals surface area (Å²) in [5, 5.41) is 15.5. The Bertz CT molecular complexity index is 897. The predicted octanol–water partition coefficient (Wildman–Crippen LogP) is 2.30. The number of aromatic amines is 1. The second kappa shape index (κ2) is 5.73. The summed E-state index contributed by atoms with van der Waals surface area (Å²) in [6.45, 7) is 1.72. The fourth-order valence-electron chi connectivity index (χ4n) is 3.38. The van der Waals surface area contributed by atoms with Crippen LogP contribution in [-0.4, -0.2) is 51.1 Å². The van der Waals surface area contributed by atoms with Crippen LogP contribution in [-0.2, 0) is 4.74 Å². The van der Waals surface area contributed by atoms with E-state index >= 15 is 0 Å². The van der Waals surface area contributed by atoms with Crippen LogP contribution in [0.1, 0.15) is 30.9 Å². The van der Waals surface area contributed by atoms with Crippen molar-refractivity contribution in [2.24, 2.45) is 0 Å². The Hall–Kier alpha value is -2.61. The number of H-pyrrole nitrogens is 1. The summed E-state index contributed by atoms with van der Waals surface area (Å²) in [6.07, 6.45) is 5.68. The van der Waals surface area contributed by atoms with E-state index in [1.165, 1.54) is 18.5 Å². The third kappa shape index (κ3) is 2.72. The van der Waals surface area contributed by atoms with Crippen LogP contribution in [0, 0.1) is 0 Å². The van der Waals surface area contributed by atoms with Gasteiger partial charge in [0.05, 0.1) is 6.10 Å². The van der Waals surface area contributed by atoms with Crippen molar-refractivity contribution in [2.75, 3.05) is 30.4 Å². The first-order valence-corrected chi connectivity index (χ1v) is 8.75. The van der Waals surface area contributed by atoms with Gasteiger partial charge in [-0.1, -0.05) is 0 Å². The van der Waals surface area contributed by atoms with E-state index < -0.39 is 0 Å². The fourth-order valence-corrected chi connectivity index (χ4v) is 3.38. The van der Waals surface area contributed by atoms with Gasteiger partial charge in [-0.25, -0.2) is 4.52 Å². The van der Waals surface area contributed by atoms with Crippen molar-refractivity contribution in [1.82, 2.24) is 24.8 Å². The van der Waals surface area contributed by atoms with Gasteiger partial charge in [-0.15, -0.1) is 5.10 Å². The van der Waals surface area contributed by atoms with Crippen LogP contribution in [0.2, 0.25) is 0 Å². The first kappa shape index (κ1) is 14.7. The average Bonchev–Trinajstić information content (AvgIpc) is 3.06. The molecule has 8 heteroatoms. The third-order valence-corrected chi connectivity index (χ3v) is 5.00. The minimum atomic E-state index is 0.243. The highest BCUT2D eigenvalue weighted by molar-refractivity contribution is 5.73. The van der Waals surface area contributed by atoms with Crippen LogP contribution in [0.25, 0.3) is 5.52 Å². The van der Waals surface area contributed by atoms with E-state index in [0.717, 1.165) is 36.7 Å². The zero-order chi connectivity index (χ0) is 16.8. The lowest BCUT2D eigenvalue weighted by molar-refractivity contribution is 0.121. The molecular weight excluding hydrogens is 318 g/mol. The Morgan fingerprint density at radius 2 is 2.24 bits per heavy atom. The topological polar surface area (TPSA) is 83.4 Å². The first-order valence-electron chi connectivity index (χ1n) is 8.75. The molecule has 0 amide bonds. The Morgan fingerprint density at radius 1 is 1.32 bits per heavy atom. The van der Waals surface area contributed by atoms with Crippen molar-refractivity contribution in [3.63, 3.8) is 0 Å². The third-order valence-electron chi connectivity index (χ3n) is 5.00. The molecule has 0 radical (unpaired) electrons. The van der Waals surface area contributed by atoms with Crippen LogP contribution in [0.3, 0.4) is 0 Å². The number of fused-ring (bicyclic) bond motifs is 1. The summed E-state index contributed by atoms with van der Waals surface area (Å²) in [7, 11) is 1.76. The van der Waals surface area contributed by atoms with Gasteiger partial charge in [0.25, 0.3) is 0 Å². The van der Waals surface area contributed by atoms with Crippen LogP contribution in [0.5, 0.6) is 0 Å². The second-order valence-corrected chi connectivity index (χ2v) is 6.80. The maximum absolute atomic E-state index is 5.46. The minimum Gasteiger partial charge on any atom is -0.380 e. The number of nitrogens with zero attached hydrogens (tertiary/aromatic N) is 5. The molecule has 2 aliphatic rings. The van der Waals surface area contributed by atoms with Crippen LogP contribution >= 0.6 is 0 Å². The molecular formula is C17H21N7O. The normalized spacial score (nSPS) is 20.5. The lowest BCUT2D eigenvalue weighted by Crippen LogP contribution is -2.25. The van der Waals surface area contributed by atoms with Crippen molar-refractivity contribution < 1.29 is 4.74 Å². The molecule has 0 spiro atoms. The zero-order valence-electron chi connectivity index (χ0n) is 14.1. The van der Waals surface area contributed by atoms with E-state index in [-0.39, 0.29) is 6.10 Å². The summed E-state index contributed by atoms with van der Waals surface area (Å²) in [4.78, 5) is 6.93. The fraction of sp³-hybridized carbons (Fsp3) is 0.471. The Labute approximate surface area is 145 Å². The molecule has 1 aliphatic carbocycles. The Balaban J connectivity index is 1.46. The summed E-state index contributed by atoms with van der Waals surface area (Å²) in [5.41, 5.74) is 2.13. The molecule has 5 rings (SSSR count). The van der Waals surface area contributed by atoms with Crippen molar-refractivity contribution in [3.8, 4) is 0 Å². The maximum atomic E-state index is 5.46. The van der Waals surface area contributed by atoms with Gasteiger partial charge in [-0.3, -0.25) is 5.10 Å². The summed E-state index contributed by atoms with van der Waals surface area (Å²) < 4.78 is 7.32. The lowest BCUT2D eigenvalue weighted by Gasteiger charge is -2.17. The highest BCUT2D eigenvalue weighted by Crippen LogP contribution is 2.39. The molecule has 4 heterocycles. The molecule has 25 heavy (non-hydrogen) atoms. The highest BCUT2D eigenvalue weighted by Gasteiger charge is 2.27. The first-order chi connectivity index (χ1) is 12.3. The lowest BCUT2D eigenvalue weighted by atomic mass is 10.3. The molecule has 1 atom stereocenters. The van der Waals surface area contributed by atoms with Gasteiger partial charge in [0.15, 0.2) is 11.6 Å². The van der Waals surface area contributed by atoms with Crippen LogP contribution in [0.15, 0.2) is 24.4 Å². The molecule has 130 valence electrons. The highest BCUT2D eigenvalue weighted by atomic mass is 16.5. The molecule has 2 fully saturated rings. The number of ether oxygens (including phenoxy) is 1. The van der Waals surface area contributed by atoms with E-state index in [4.69, 9.17) is 9.72 Å². The maximum Gasteiger partial charge on any atom is 0.245 e. The number of rotatable bonds is 5. The molecule has 0 aromatic carbocycles.